The third-order valence-corrected chi connectivity index (χ3v) is 4.63. The van der Waals surface area contributed by atoms with Crippen molar-refractivity contribution in [2.45, 2.75) is 50.5 Å². The summed E-state index contributed by atoms with van der Waals surface area (Å²) in [5.41, 5.74) is -5.84. The van der Waals surface area contributed by atoms with Gasteiger partial charge in [0.25, 0.3) is 11.3 Å². The molecule has 1 aromatic rings. The Morgan fingerprint density at radius 3 is 2.29 bits per heavy atom. The lowest BCUT2D eigenvalue weighted by Crippen LogP contribution is -2.72. The smallest absolute Gasteiger partial charge is 0.295 e. The van der Waals surface area contributed by atoms with Crippen molar-refractivity contribution in [1.82, 2.24) is 14.9 Å². The zero-order valence-electron chi connectivity index (χ0n) is 12.5. The summed E-state index contributed by atoms with van der Waals surface area (Å²) in [7, 11) is 0. The van der Waals surface area contributed by atoms with Gasteiger partial charge in [-0.2, -0.15) is 0 Å². The van der Waals surface area contributed by atoms with Gasteiger partial charge >= 0.3 is 0 Å². The normalized spacial score (nSPS) is 22.7. The first kappa shape index (κ1) is 15.9. The van der Waals surface area contributed by atoms with Gasteiger partial charge in [-0.1, -0.05) is 0 Å². The first-order chi connectivity index (χ1) is 9.65. The van der Waals surface area contributed by atoms with Gasteiger partial charge < -0.3 is 15.2 Å². The molecule has 0 saturated carbocycles. The predicted molar refractivity (Wildman–Crippen MR) is 75.0 cm³/mol. The molecule has 1 fully saturated rings. The molecule has 0 bridgehead atoms. The van der Waals surface area contributed by atoms with E-state index in [-0.39, 0.29) is 5.82 Å². The first-order valence-electron chi connectivity index (χ1n) is 7.00. The number of H-pyrrole nitrogens is 1. The SMILES string of the molecule is CC(C)(O)C(C)([N+](=O)[O-])C(O)(c1ncc[nH]1)N1CCCC1. The van der Waals surface area contributed by atoms with Crippen LogP contribution in [-0.2, 0) is 5.72 Å². The molecule has 2 atom stereocenters. The Balaban J connectivity index is 2.66. The predicted octanol–water partition coefficient (Wildman–Crippen LogP) is 0.457. The van der Waals surface area contributed by atoms with Crippen molar-refractivity contribution >= 4 is 0 Å². The molecule has 2 rings (SSSR count). The number of aliphatic hydroxyl groups is 2. The topological polar surface area (TPSA) is 116 Å². The summed E-state index contributed by atoms with van der Waals surface area (Å²) in [6.45, 7) is 4.95. The Bertz CT molecular complexity index is 507. The number of nitro groups is 1. The summed E-state index contributed by atoms with van der Waals surface area (Å²) in [6.07, 6.45) is 4.60. The van der Waals surface area contributed by atoms with E-state index in [0.29, 0.717) is 13.1 Å². The zero-order valence-corrected chi connectivity index (χ0v) is 12.5. The van der Waals surface area contributed by atoms with E-state index in [0.717, 1.165) is 12.8 Å². The molecular formula is C13H22N4O4. The molecule has 21 heavy (non-hydrogen) atoms. The number of nitrogens with zero attached hydrogens (tertiary/aromatic N) is 3. The Kier molecular flexibility index (Phi) is 3.81. The van der Waals surface area contributed by atoms with Crippen molar-refractivity contribution in [3.8, 4) is 0 Å². The fourth-order valence-corrected chi connectivity index (χ4v) is 2.96. The molecule has 0 radical (unpaired) electrons. The Morgan fingerprint density at radius 2 is 1.90 bits per heavy atom. The number of likely N-dealkylation sites (tertiary alicyclic amines) is 1. The number of rotatable bonds is 5. The monoisotopic (exact) mass is 298 g/mol. The molecule has 1 saturated heterocycles. The van der Waals surface area contributed by atoms with Gasteiger partial charge in [-0.05, 0) is 26.7 Å². The maximum atomic E-state index is 11.8. The van der Waals surface area contributed by atoms with Crippen molar-refractivity contribution in [2.24, 2.45) is 0 Å². The maximum Gasteiger partial charge on any atom is 0.295 e. The van der Waals surface area contributed by atoms with Crippen LogP contribution in [0.15, 0.2) is 12.4 Å². The molecule has 0 aliphatic carbocycles. The standard InChI is InChI=1S/C13H22N4O4/c1-11(2,18)12(3,17(20)21)13(19,10-14-6-7-15-10)16-8-4-5-9-16/h6-7,18-19H,4-5,8-9H2,1-3H3,(H,14,15). The molecule has 1 aromatic heterocycles. The van der Waals surface area contributed by atoms with Crippen LogP contribution >= 0.6 is 0 Å². The number of hydrogen-bond donors (Lipinski definition) is 3. The second-order valence-electron chi connectivity index (χ2n) is 6.19. The second-order valence-corrected chi connectivity index (χ2v) is 6.19. The highest BCUT2D eigenvalue weighted by Crippen LogP contribution is 2.44. The molecule has 2 heterocycles. The highest BCUT2D eigenvalue weighted by atomic mass is 16.6. The van der Waals surface area contributed by atoms with Crippen LogP contribution in [0.4, 0.5) is 0 Å². The van der Waals surface area contributed by atoms with Crippen LogP contribution in [0, 0.1) is 10.1 Å². The summed E-state index contributed by atoms with van der Waals surface area (Å²) < 4.78 is 0. The minimum atomic E-state index is -2.05. The van der Waals surface area contributed by atoms with Crippen LogP contribution < -0.4 is 0 Å². The number of aromatic nitrogens is 2. The molecule has 0 spiro atoms. The van der Waals surface area contributed by atoms with E-state index in [9.17, 15) is 20.3 Å². The first-order valence-corrected chi connectivity index (χ1v) is 7.00. The van der Waals surface area contributed by atoms with E-state index in [1.165, 1.54) is 33.2 Å². The summed E-state index contributed by atoms with van der Waals surface area (Å²) in [4.78, 5) is 19.6. The van der Waals surface area contributed by atoms with Crippen molar-refractivity contribution < 1.29 is 15.1 Å². The lowest BCUT2D eigenvalue weighted by Gasteiger charge is -2.47. The van der Waals surface area contributed by atoms with E-state index >= 15 is 0 Å². The minimum absolute atomic E-state index is 0.0747. The molecule has 1 aliphatic rings. The second kappa shape index (κ2) is 5.04. The molecular weight excluding hydrogens is 276 g/mol. The van der Waals surface area contributed by atoms with Crippen LogP contribution in [0.25, 0.3) is 0 Å². The zero-order chi connectivity index (χ0) is 15.9. The van der Waals surface area contributed by atoms with Gasteiger partial charge in [0.2, 0.25) is 0 Å². The van der Waals surface area contributed by atoms with Gasteiger partial charge in [0.15, 0.2) is 5.82 Å². The molecule has 8 nitrogen and oxygen atoms in total. The van der Waals surface area contributed by atoms with Crippen molar-refractivity contribution in [3.05, 3.63) is 28.3 Å². The minimum Gasteiger partial charge on any atom is -0.383 e. The third kappa shape index (κ3) is 2.14. The van der Waals surface area contributed by atoms with Crippen molar-refractivity contribution in [2.75, 3.05) is 13.1 Å². The van der Waals surface area contributed by atoms with Gasteiger partial charge in [0, 0.05) is 37.3 Å². The van der Waals surface area contributed by atoms with E-state index in [2.05, 4.69) is 9.97 Å². The fourth-order valence-electron chi connectivity index (χ4n) is 2.96. The molecule has 3 N–H and O–H groups in total. The van der Waals surface area contributed by atoms with Gasteiger partial charge in [-0.15, -0.1) is 0 Å². The molecule has 2 unspecified atom stereocenters. The van der Waals surface area contributed by atoms with E-state index < -0.39 is 21.8 Å². The Labute approximate surface area is 123 Å². The van der Waals surface area contributed by atoms with Crippen molar-refractivity contribution in [3.63, 3.8) is 0 Å². The fraction of sp³-hybridized carbons (Fsp3) is 0.769. The number of hydrogen-bond acceptors (Lipinski definition) is 6. The van der Waals surface area contributed by atoms with Gasteiger partial charge in [-0.3, -0.25) is 15.0 Å². The Hall–Kier alpha value is -1.51. The molecule has 8 heteroatoms. The van der Waals surface area contributed by atoms with Crippen LogP contribution in [0.1, 0.15) is 39.4 Å². The summed E-state index contributed by atoms with van der Waals surface area (Å²) in [5, 5.41) is 33.5. The summed E-state index contributed by atoms with van der Waals surface area (Å²) >= 11 is 0. The molecule has 0 amide bonds. The van der Waals surface area contributed by atoms with Crippen molar-refractivity contribution in [1.29, 1.82) is 0 Å². The van der Waals surface area contributed by atoms with E-state index in [4.69, 9.17) is 0 Å². The average molecular weight is 298 g/mol. The van der Waals surface area contributed by atoms with Gasteiger partial charge in [0.1, 0.15) is 5.60 Å². The summed E-state index contributed by atoms with van der Waals surface area (Å²) in [5.74, 6) is 0.0747. The third-order valence-electron chi connectivity index (χ3n) is 4.63. The summed E-state index contributed by atoms with van der Waals surface area (Å²) in [6, 6.07) is 0. The Morgan fingerprint density at radius 1 is 1.33 bits per heavy atom. The van der Waals surface area contributed by atoms with Gasteiger partial charge in [0.05, 0.1) is 0 Å². The number of aromatic amines is 1. The van der Waals surface area contributed by atoms with Crippen LogP contribution in [-0.4, -0.2) is 54.2 Å². The maximum absolute atomic E-state index is 11.8. The molecule has 118 valence electrons. The van der Waals surface area contributed by atoms with Crippen LogP contribution in [0.2, 0.25) is 0 Å². The number of nitrogens with one attached hydrogen (secondary N) is 1. The molecule has 0 aromatic carbocycles. The van der Waals surface area contributed by atoms with E-state index in [1.54, 1.807) is 4.90 Å². The quantitative estimate of drug-likeness (QED) is 0.537. The van der Waals surface area contributed by atoms with Crippen LogP contribution in [0.5, 0.6) is 0 Å². The van der Waals surface area contributed by atoms with E-state index in [1.807, 2.05) is 0 Å². The highest BCUT2D eigenvalue weighted by Gasteiger charge is 2.70. The molecule has 1 aliphatic heterocycles. The average Bonchev–Trinajstić information content (AvgIpc) is 3.07. The highest BCUT2D eigenvalue weighted by molar-refractivity contribution is 5.15. The van der Waals surface area contributed by atoms with Crippen LogP contribution in [0.3, 0.4) is 0 Å². The lowest BCUT2D eigenvalue weighted by atomic mass is 9.74. The number of imidazole rings is 1. The van der Waals surface area contributed by atoms with Gasteiger partial charge in [-0.25, -0.2) is 4.98 Å². The largest absolute Gasteiger partial charge is 0.383 e. The lowest BCUT2D eigenvalue weighted by molar-refractivity contribution is -0.626.